The molecule has 0 spiro atoms. The maximum absolute atomic E-state index is 6.21. The lowest BCUT2D eigenvalue weighted by Gasteiger charge is -2.03. The summed E-state index contributed by atoms with van der Waals surface area (Å²) in [5.41, 5.74) is 4.93. The van der Waals surface area contributed by atoms with Gasteiger partial charge in [-0.3, -0.25) is 0 Å². The van der Waals surface area contributed by atoms with E-state index >= 15 is 0 Å². The van der Waals surface area contributed by atoms with Crippen molar-refractivity contribution >= 4 is 23.2 Å². The zero-order valence-corrected chi connectivity index (χ0v) is 9.44. The van der Waals surface area contributed by atoms with Gasteiger partial charge >= 0.3 is 0 Å². The molecular formula is C13H8Cl2. The predicted octanol–water partition coefficient (Wildman–Crippen LogP) is 4.56. The van der Waals surface area contributed by atoms with Crippen LogP contribution in [0, 0.1) is 0 Å². The highest BCUT2D eigenvalue weighted by Gasteiger charge is 2.20. The molecule has 0 radical (unpaired) electrons. The second kappa shape index (κ2) is 3.26. The van der Waals surface area contributed by atoms with Crippen LogP contribution in [0.4, 0.5) is 0 Å². The van der Waals surface area contributed by atoms with E-state index < -0.39 is 0 Å². The minimum atomic E-state index is 0.765. The smallest absolute Gasteiger partial charge is 0.0487 e. The number of hydrogen-bond donors (Lipinski definition) is 0. The molecule has 0 nitrogen and oxygen atoms in total. The molecule has 1 aliphatic rings. The number of rotatable bonds is 0. The Kier molecular flexibility index (Phi) is 2.01. The Morgan fingerprint density at radius 3 is 2.67 bits per heavy atom. The lowest BCUT2D eigenvalue weighted by atomic mass is 10.1. The van der Waals surface area contributed by atoms with Crippen LogP contribution < -0.4 is 0 Å². The van der Waals surface area contributed by atoms with E-state index in [1.165, 1.54) is 16.7 Å². The van der Waals surface area contributed by atoms with Crippen molar-refractivity contribution in [3.05, 3.63) is 57.6 Å². The van der Waals surface area contributed by atoms with E-state index in [0.29, 0.717) is 0 Å². The Labute approximate surface area is 98.5 Å². The zero-order valence-electron chi connectivity index (χ0n) is 7.93. The zero-order chi connectivity index (χ0) is 10.4. The van der Waals surface area contributed by atoms with Gasteiger partial charge in [0.2, 0.25) is 0 Å². The van der Waals surface area contributed by atoms with Crippen LogP contribution in [0.25, 0.3) is 11.1 Å². The summed E-state index contributed by atoms with van der Waals surface area (Å²) >= 11 is 12.2. The van der Waals surface area contributed by atoms with E-state index in [1.54, 1.807) is 0 Å². The van der Waals surface area contributed by atoms with Gasteiger partial charge in [-0.15, -0.1) is 0 Å². The van der Waals surface area contributed by atoms with Crippen LogP contribution in [0.5, 0.6) is 0 Å². The van der Waals surface area contributed by atoms with Crippen molar-refractivity contribution in [2.75, 3.05) is 0 Å². The van der Waals surface area contributed by atoms with E-state index in [1.807, 2.05) is 24.3 Å². The summed E-state index contributed by atoms with van der Waals surface area (Å²) in [5, 5.41) is 1.58. The molecule has 3 rings (SSSR count). The highest BCUT2D eigenvalue weighted by molar-refractivity contribution is 6.34. The molecule has 2 aromatic carbocycles. The van der Waals surface area contributed by atoms with E-state index in [-0.39, 0.29) is 0 Å². The maximum Gasteiger partial charge on any atom is 0.0487 e. The van der Waals surface area contributed by atoms with Gasteiger partial charge in [-0.05, 0) is 41.3 Å². The van der Waals surface area contributed by atoms with Crippen LogP contribution in [0.1, 0.15) is 11.1 Å². The van der Waals surface area contributed by atoms with Crippen molar-refractivity contribution in [2.24, 2.45) is 0 Å². The average molecular weight is 235 g/mol. The molecule has 0 aromatic heterocycles. The molecule has 0 bridgehead atoms. The Morgan fingerprint density at radius 1 is 0.933 bits per heavy atom. The molecule has 2 aromatic rings. The van der Waals surface area contributed by atoms with Gasteiger partial charge in [0.1, 0.15) is 0 Å². The first-order chi connectivity index (χ1) is 7.25. The highest BCUT2D eigenvalue weighted by atomic mass is 35.5. The monoisotopic (exact) mass is 234 g/mol. The molecule has 0 saturated heterocycles. The Morgan fingerprint density at radius 2 is 1.80 bits per heavy atom. The molecule has 15 heavy (non-hydrogen) atoms. The summed E-state index contributed by atoms with van der Waals surface area (Å²) in [7, 11) is 0. The van der Waals surface area contributed by atoms with E-state index in [0.717, 1.165) is 22.0 Å². The van der Waals surface area contributed by atoms with Gasteiger partial charge in [0.05, 0.1) is 0 Å². The largest absolute Gasteiger partial charge is 0.0843 e. The molecule has 0 amide bonds. The number of fused-ring (bicyclic) bond motifs is 3. The van der Waals surface area contributed by atoms with Gasteiger partial charge in [-0.2, -0.15) is 0 Å². The molecule has 0 N–H and O–H groups in total. The normalized spacial score (nSPS) is 12.4. The predicted molar refractivity (Wildman–Crippen MR) is 64.7 cm³/mol. The molecule has 1 aliphatic carbocycles. The molecular weight excluding hydrogens is 227 g/mol. The summed E-state index contributed by atoms with van der Waals surface area (Å²) in [5.74, 6) is 0. The van der Waals surface area contributed by atoms with Crippen molar-refractivity contribution in [1.82, 2.24) is 0 Å². The summed E-state index contributed by atoms with van der Waals surface area (Å²) < 4.78 is 0. The third kappa shape index (κ3) is 1.37. The lowest BCUT2D eigenvalue weighted by Crippen LogP contribution is -1.78. The third-order valence-electron chi connectivity index (χ3n) is 2.82. The first-order valence-corrected chi connectivity index (χ1v) is 5.57. The summed E-state index contributed by atoms with van der Waals surface area (Å²) in [4.78, 5) is 0. The summed E-state index contributed by atoms with van der Waals surface area (Å²) in [6.45, 7) is 0. The Balaban J connectivity index is 2.33. The average Bonchev–Trinajstić information content (AvgIpc) is 2.57. The highest BCUT2D eigenvalue weighted by Crippen LogP contribution is 2.41. The van der Waals surface area contributed by atoms with Crippen molar-refractivity contribution in [2.45, 2.75) is 6.42 Å². The number of halogens is 2. The van der Waals surface area contributed by atoms with Crippen LogP contribution >= 0.6 is 23.2 Å². The van der Waals surface area contributed by atoms with Crippen LogP contribution in [0.3, 0.4) is 0 Å². The molecule has 0 unspecified atom stereocenters. The molecule has 2 heteroatoms. The molecule has 74 valence electrons. The summed E-state index contributed by atoms with van der Waals surface area (Å²) in [6, 6.07) is 12.0. The van der Waals surface area contributed by atoms with Crippen LogP contribution in [0.2, 0.25) is 10.0 Å². The van der Waals surface area contributed by atoms with Crippen molar-refractivity contribution in [1.29, 1.82) is 0 Å². The first kappa shape index (κ1) is 9.26. The number of hydrogen-bond acceptors (Lipinski definition) is 0. The van der Waals surface area contributed by atoms with E-state index in [4.69, 9.17) is 23.2 Å². The summed E-state index contributed by atoms with van der Waals surface area (Å²) in [6.07, 6.45) is 0.961. The molecule has 0 saturated carbocycles. The third-order valence-corrected chi connectivity index (χ3v) is 3.37. The SMILES string of the molecule is Clc1ccc2c(c1)-c1c(Cl)cccc1C2. The van der Waals surface area contributed by atoms with Crippen molar-refractivity contribution in [3.63, 3.8) is 0 Å². The van der Waals surface area contributed by atoms with Gasteiger partial charge in [-0.25, -0.2) is 0 Å². The van der Waals surface area contributed by atoms with Crippen LogP contribution in [0.15, 0.2) is 36.4 Å². The molecule has 0 atom stereocenters. The Hall–Kier alpha value is -0.980. The van der Waals surface area contributed by atoms with Gasteiger partial charge < -0.3 is 0 Å². The fourth-order valence-electron chi connectivity index (χ4n) is 2.16. The fraction of sp³-hybridized carbons (Fsp3) is 0.0769. The van der Waals surface area contributed by atoms with Crippen molar-refractivity contribution in [3.8, 4) is 11.1 Å². The second-order valence-electron chi connectivity index (χ2n) is 3.75. The van der Waals surface area contributed by atoms with Crippen LogP contribution in [-0.2, 0) is 6.42 Å². The maximum atomic E-state index is 6.21. The van der Waals surface area contributed by atoms with E-state index in [9.17, 15) is 0 Å². The fourth-order valence-corrected chi connectivity index (χ4v) is 2.63. The molecule has 0 aliphatic heterocycles. The molecule has 0 heterocycles. The minimum absolute atomic E-state index is 0.765. The van der Waals surface area contributed by atoms with Gasteiger partial charge in [0.15, 0.2) is 0 Å². The van der Waals surface area contributed by atoms with E-state index in [2.05, 4.69) is 12.1 Å². The second-order valence-corrected chi connectivity index (χ2v) is 4.60. The van der Waals surface area contributed by atoms with Gasteiger partial charge in [-0.1, -0.05) is 41.4 Å². The number of benzene rings is 2. The topological polar surface area (TPSA) is 0 Å². The van der Waals surface area contributed by atoms with Gasteiger partial charge in [0.25, 0.3) is 0 Å². The lowest BCUT2D eigenvalue weighted by molar-refractivity contribution is 1.26. The standard InChI is InChI=1S/C13H8Cl2/c14-10-5-4-8-6-9-2-1-3-12(15)13(9)11(8)7-10/h1-5,7H,6H2. The molecule has 0 fully saturated rings. The van der Waals surface area contributed by atoms with Gasteiger partial charge in [0, 0.05) is 15.6 Å². The minimum Gasteiger partial charge on any atom is -0.0843 e. The van der Waals surface area contributed by atoms with Crippen molar-refractivity contribution < 1.29 is 0 Å². The first-order valence-electron chi connectivity index (χ1n) is 4.82. The van der Waals surface area contributed by atoms with Crippen LogP contribution in [-0.4, -0.2) is 0 Å². The Bertz CT molecular complexity index is 544. The quantitative estimate of drug-likeness (QED) is 0.535.